The van der Waals surface area contributed by atoms with Gasteiger partial charge in [0.05, 0.1) is 0 Å². The van der Waals surface area contributed by atoms with Gasteiger partial charge in [-0.1, -0.05) is 0 Å². The Hall–Kier alpha value is 1.01. The van der Waals surface area contributed by atoms with Gasteiger partial charge >= 0.3 is 88.1 Å². The van der Waals surface area contributed by atoms with Crippen LogP contribution in [0.5, 0.6) is 0 Å². The summed E-state index contributed by atoms with van der Waals surface area (Å²) < 4.78 is 23.5. The quantitative estimate of drug-likeness (QED) is 0.351. The molecule has 3 heterocycles. The zero-order chi connectivity index (χ0) is 14.8. The molecule has 2 N–H and O–H groups in total. The van der Waals surface area contributed by atoms with Gasteiger partial charge in [-0.2, -0.15) is 0 Å². The van der Waals surface area contributed by atoms with E-state index in [1.165, 1.54) is 0 Å². The molecule has 3 aliphatic heterocycles. The molecule has 15 heteroatoms. The van der Waals surface area contributed by atoms with Crippen molar-refractivity contribution in [1.29, 1.82) is 0 Å². The Balaban J connectivity index is 0. The maximum absolute atomic E-state index is 10.3. The molecule has 106 valence electrons. The van der Waals surface area contributed by atoms with Crippen LogP contribution in [0.15, 0.2) is 0 Å². The molecule has 0 amide bonds. The van der Waals surface area contributed by atoms with Crippen molar-refractivity contribution in [2.24, 2.45) is 0 Å². The molecule has 21 heavy (non-hydrogen) atoms. The van der Waals surface area contributed by atoms with Crippen molar-refractivity contribution in [2.75, 3.05) is 0 Å². The van der Waals surface area contributed by atoms with Crippen molar-refractivity contribution < 1.29 is 109 Å². The number of rotatable bonds is 5. The van der Waals surface area contributed by atoms with E-state index in [1.54, 1.807) is 0 Å². The van der Waals surface area contributed by atoms with Gasteiger partial charge < -0.3 is 40.7 Å². The first-order valence-corrected chi connectivity index (χ1v) is 7.44. The van der Waals surface area contributed by atoms with Gasteiger partial charge in [0.15, 0.2) is 5.60 Å². The van der Waals surface area contributed by atoms with Crippen molar-refractivity contribution in [3.05, 3.63) is 0 Å². The molecule has 0 aromatic heterocycles. The number of carboxylic acids is 3. The maximum Gasteiger partial charge on any atom is 1.00 e. The molecule has 3 fully saturated rings. The number of phosphoric acid groups is 1. The minimum Gasteiger partial charge on any atom is -0.550 e. The normalized spacial score (nSPS) is 16.5. The van der Waals surface area contributed by atoms with E-state index in [0.29, 0.717) is 0 Å². The van der Waals surface area contributed by atoms with Gasteiger partial charge in [-0.15, -0.1) is 0 Å². The summed E-state index contributed by atoms with van der Waals surface area (Å²) in [5.74, 6) is -5.65. The standard InChI is InChI=1S/C6H8O7.Al.2Na.H3O4P/c7-3(8)1-6(13,5(11)12)2-4(9)10;;;;1-5(2,3)4/h13H,1-2H2,(H,7,8)(H,9,10)(H,11,12);;;;(H3,1,2,3,4)/q;+3;2*+1;/p-5. The Kier molecular flexibility index (Phi) is 10.8. The van der Waals surface area contributed by atoms with Gasteiger partial charge in [0.1, 0.15) is 0 Å². The monoisotopic (exact) mass is 358 g/mol. The molecular formula is C6H6AlNa2O11P. The van der Waals surface area contributed by atoms with E-state index in [-0.39, 0.29) is 59.1 Å². The van der Waals surface area contributed by atoms with Crippen molar-refractivity contribution in [3.8, 4) is 0 Å². The van der Waals surface area contributed by atoms with E-state index >= 15 is 0 Å². The third-order valence-corrected chi connectivity index (χ3v) is 7.08. The van der Waals surface area contributed by atoms with Crippen molar-refractivity contribution in [1.82, 2.24) is 0 Å². The van der Waals surface area contributed by atoms with Crippen LogP contribution in [-0.2, 0) is 29.7 Å². The zero-order valence-corrected chi connectivity index (χ0v) is 17.1. The van der Waals surface area contributed by atoms with E-state index < -0.39 is 59.3 Å². The van der Waals surface area contributed by atoms with Crippen LogP contribution in [0.1, 0.15) is 12.8 Å². The minimum atomic E-state index is -2.86. The zero-order valence-electron chi connectivity index (χ0n) is 11.0. The van der Waals surface area contributed by atoms with Crippen LogP contribution >= 0.6 is 7.82 Å². The first kappa shape index (κ1) is 24.3. The predicted octanol–water partition coefficient (Wildman–Crippen LogP) is -9.75. The van der Waals surface area contributed by atoms with Gasteiger partial charge in [0.25, 0.3) is 0 Å². The molecule has 0 saturated carbocycles. The SMILES string of the molecule is O=C([O-])CC(O)(CC(=O)[O-])C(=O)O.O=P12[O][Al]([O]1)[O]2.[Na+].[Na+]. The fourth-order valence-electron chi connectivity index (χ4n) is 1.03. The summed E-state index contributed by atoms with van der Waals surface area (Å²) in [5, 5.41) is 37.2. The third-order valence-electron chi connectivity index (χ3n) is 1.92. The van der Waals surface area contributed by atoms with Crippen LogP contribution in [0.2, 0.25) is 0 Å². The van der Waals surface area contributed by atoms with Crippen LogP contribution in [0.4, 0.5) is 0 Å². The van der Waals surface area contributed by atoms with Crippen molar-refractivity contribution in [3.63, 3.8) is 0 Å². The fraction of sp³-hybridized carbons (Fsp3) is 0.500. The summed E-state index contributed by atoms with van der Waals surface area (Å²) in [6.45, 7) is 0. The second kappa shape index (κ2) is 9.34. The molecule has 3 aliphatic rings. The number of aliphatic carboxylic acids is 3. The third kappa shape index (κ3) is 7.41. The van der Waals surface area contributed by atoms with E-state index in [9.17, 15) is 29.2 Å². The fourth-order valence-corrected chi connectivity index (χ4v) is 3.75. The maximum atomic E-state index is 10.3. The summed E-state index contributed by atoms with van der Waals surface area (Å²) in [5.41, 5.74) is -2.86. The number of hydrogen-bond acceptors (Lipinski definition) is 10. The van der Waals surface area contributed by atoms with Crippen LogP contribution in [0.3, 0.4) is 0 Å². The number of carbonyl (C=O) groups excluding carboxylic acids is 2. The summed E-state index contributed by atoms with van der Waals surface area (Å²) >= 11 is -1.66. The molecule has 0 aromatic rings. The van der Waals surface area contributed by atoms with Gasteiger partial charge in [0, 0.05) is 24.8 Å². The molecule has 3 saturated heterocycles. The molecule has 2 bridgehead atoms. The molecule has 0 aromatic carbocycles. The Bertz CT molecular complexity index is 430. The number of aliphatic hydroxyl groups is 1. The average molecular weight is 358 g/mol. The average Bonchev–Trinajstić information content (AvgIpc) is 2.10. The van der Waals surface area contributed by atoms with Crippen molar-refractivity contribution in [2.45, 2.75) is 18.4 Å². The second-order valence-corrected chi connectivity index (χ2v) is 7.49. The second-order valence-electron chi connectivity index (χ2n) is 3.49. The van der Waals surface area contributed by atoms with Crippen LogP contribution in [0, 0.1) is 0 Å². The smallest absolute Gasteiger partial charge is 0.550 e. The Labute approximate surface area is 167 Å². The molecular weight excluding hydrogens is 352 g/mol. The molecule has 0 unspecified atom stereocenters. The topological polar surface area (TPSA) is 183 Å². The number of carboxylic acid groups (broad SMARTS) is 3. The molecule has 0 radical (unpaired) electrons. The Morgan fingerprint density at radius 2 is 1.33 bits per heavy atom. The summed E-state index contributed by atoms with van der Waals surface area (Å²) in [4.78, 5) is 30.2. The first-order chi connectivity index (χ1) is 8.56. The van der Waals surface area contributed by atoms with Crippen LogP contribution in [-0.4, -0.2) is 48.9 Å². The molecule has 0 spiro atoms. The number of carbonyl (C=O) groups is 3. The van der Waals surface area contributed by atoms with E-state index in [2.05, 4.69) is 10.7 Å². The van der Waals surface area contributed by atoms with Crippen LogP contribution in [0.25, 0.3) is 0 Å². The van der Waals surface area contributed by atoms with Gasteiger partial charge in [-0.05, 0) is 0 Å². The number of hydrogen-bond donors (Lipinski definition) is 2. The Morgan fingerprint density at radius 1 is 1.05 bits per heavy atom. The first-order valence-electron chi connectivity index (χ1n) is 4.57. The van der Waals surface area contributed by atoms with Gasteiger partial charge in [0.2, 0.25) is 0 Å². The van der Waals surface area contributed by atoms with Crippen LogP contribution < -0.4 is 69.3 Å². The van der Waals surface area contributed by atoms with E-state index in [0.717, 1.165) is 0 Å². The minimum absolute atomic E-state index is 0. The molecule has 11 nitrogen and oxygen atoms in total. The van der Waals surface area contributed by atoms with Gasteiger partial charge in [-0.3, -0.25) is 0 Å². The summed E-state index contributed by atoms with van der Waals surface area (Å²) in [6, 6.07) is 0. The largest absolute Gasteiger partial charge is 1.00 e. The van der Waals surface area contributed by atoms with Crippen molar-refractivity contribution >= 4 is 40.9 Å². The summed E-state index contributed by atoms with van der Waals surface area (Å²) in [7, 11) is -2.76. The predicted molar refractivity (Wildman–Crippen MR) is 48.4 cm³/mol. The van der Waals surface area contributed by atoms with E-state index in [4.69, 9.17) is 10.2 Å². The summed E-state index contributed by atoms with van der Waals surface area (Å²) in [6.07, 6.45) is -2.59. The Morgan fingerprint density at radius 3 is 1.43 bits per heavy atom. The molecule has 0 atom stereocenters. The van der Waals surface area contributed by atoms with E-state index in [1.807, 2.05) is 0 Å². The molecule has 3 rings (SSSR count). The van der Waals surface area contributed by atoms with Gasteiger partial charge in [-0.25, -0.2) is 9.36 Å². The molecule has 0 aliphatic carbocycles.